The van der Waals surface area contributed by atoms with Gasteiger partial charge in [0, 0.05) is 23.8 Å². The van der Waals surface area contributed by atoms with E-state index in [-0.39, 0.29) is 5.91 Å². The predicted molar refractivity (Wildman–Crippen MR) is 96.9 cm³/mol. The Bertz CT molecular complexity index is 687. The van der Waals surface area contributed by atoms with E-state index in [9.17, 15) is 4.79 Å². The molecule has 1 fully saturated rings. The van der Waals surface area contributed by atoms with Gasteiger partial charge in [0.2, 0.25) is 0 Å². The fourth-order valence-electron chi connectivity index (χ4n) is 2.86. The molecule has 1 saturated heterocycles. The maximum Gasteiger partial charge on any atom is 0.257 e. The van der Waals surface area contributed by atoms with Crippen molar-refractivity contribution in [1.82, 2.24) is 4.98 Å². The number of anilines is 2. The van der Waals surface area contributed by atoms with Gasteiger partial charge in [-0.05, 0) is 59.0 Å². The van der Waals surface area contributed by atoms with Gasteiger partial charge in [-0.2, -0.15) is 0 Å². The summed E-state index contributed by atoms with van der Waals surface area (Å²) in [5, 5.41) is 2.89. The number of aromatic nitrogens is 1. The van der Waals surface area contributed by atoms with E-state index in [0.717, 1.165) is 29.1 Å². The van der Waals surface area contributed by atoms with E-state index < -0.39 is 0 Å². The zero-order valence-electron chi connectivity index (χ0n) is 13.1. The molecule has 2 aromatic rings. The van der Waals surface area contributed by atoms with Crippen molar-refractivity contribution in [3.63, 3.8) is 0 Å². The minimum atomic E-state index is -0.150. The Labute approximate surface area is 145 Å². The van der Waals surface area contributed by atoms with Gasteiger partial charge in [0.15, 0.2) is 0 Å². The molecule has 1 aliphatic rings. The van der Waals surface area contributed by atoms with Crippen LogP contribution < -0.4 is 10.2 Å². The second kappa shape index (κ2) is 7.13. The van der Waals surface area contributed by atoms with E-state index in [0.29, 0.717) is 11.5 Å². The Morgan fingerprint density at radius 1 is 1.30 bits per heavy atom. The van der Waals surface area contributed by atoms with Crippen LogP contribution in [0.3, 0.4) is 0 Å². The van der Waals surface area contributed by atoms with Gasteiger partial charge in [-0.25, -0.2) is 4.98 Å². The van der Waals surface area contributed by atoms with Crippen molar-refractivity contribution in [1.29, 1.82) is 0 Å². The zero-order valence-corrected chi connectivity index (χ0v) is 14.7. The Kier molecular flexibility index (Phi) is 4.96. The SMILES string of the molecule is CC1CCCN(c2ccc(C(=O)Nc3ccccc3Br)cn2)C1. The molecule has 1 aliphatic heterocycles. The summed E-state index contributed by atoms with van der Waals surface area (Å²) in [5.41, 5.74) is 1.32. The number of halogens is 1. The highest BCUT2D eigenvalue weighted by atomic mass is 79.9. The van der Waals surface area contributed by atoms with Crippen molar-refractivity contribution < 1.29 is 4.79 Å². The van der Waals surface area contributed by atoms with Crippen LogP contribution in [0.25, 0.3) is 0 Å². The lowest BCUT2D eigenvalue weighted by atomic mass is 10.0. The van der Waals surface area contributed by atoms with Crippen LogP contribution in [0, 0.1) is 5.92 Å². The van der Waals surface area contributed by atoms with Gasteiger partial charge in [0.05, 0.1) is 11.3 Å². The molecular formula is C18H20BrN3O. The largest absolute Gasteiger partial charge is 0.356 e. The number of carbonyl (C=O) groups excluding carboxylic acids is 1. The summed E-state index contributed by atoms with van der Waals surface area (Å²) < 4.78 is 0.861. The third-order valence-corrected chi connectivity index (χ3v) is 4.80. The van der Waals surface area contributed by atoms with Crippen molar-refractivity contribution >= 4 is 33.3 Å². The molecule has 1 N–H and O–H groups in total. The summed E-state index contributed by atoms with van der Waals surface area (Å²) in [6, 6.07) is 11.3. The number of nitrogens with zero attached hydrogens (tertiary/aromatic N) is 2. The van der Waals surface area contributed by atoms with E-state index in [2.05, 4.69) is 38.1 Å². The average Bonchev–Trinajstić information content (AvgIpc) is 2.57. The third kappa shape index (κ3) is 3.91. The quantitative estimate of drug-likeness (QED) is 0.870. The lowest BCUT2D eigenvalue weighted by molar-refractivity contribution is 0.102. The smallest absolute Gasteiger partial charge is 0.257 e. The molecule has 1 aromatic heterocycles. The van der Waals surface area contributed by atoms with Gasteiger partial charge >= 0.3 is 0 Å². The number of pyridine rings is 1. The lowest BCUT2D eigenvalue weighted by Gasteiger charge is -2.31. The first kappa shape index (κ1) is 16.0. The standard InChI is InChI=1S/C18H20BrN3O/c1-13-5-4-10-22(12-13)17-9-8-14(11-20-17)18(23)21-16-7-3-2-6-15(16)19/h2-3,6-9,11,13H,4-5,10,12H2,1H3,(H,21,23). The fourth-order valence-corrected chi connectivity index (χ4v) is 3.25. The molecule has 0 bridgehead atoms. The molecule has 1 atom stereocenters. The Hall–Kier alpha value is -1.88. The second-order valence-corrected chi connectivity index (χ2v) is 6.89. The summed E-state index contributed by atoms with van der Waals surface area (Å²) in [7, 11) is 0. The fraction of sp³-hybridized carbons (Fsp3) is 0.333. The normalized spacial score (nSPS) is 17.8. The highest BCUT2D eigenvalue weighted by Crippen LogP contribution is 2.23. The number of benzene rings is 1. The molecule has 0 saturated carbocycles. The number of para-hydroxylation sites is 1. The summed E-state index contributed by atoms with van der Waals surface area (Å²) in [6.45, 7) is 4.35. The minimum absolute atomic E-state index is 0.150. The van der Waals surface area contributed by atoms with Crippen LogP contribution in [0.4, 0.5) is 11.5 Å². The van der Waals surface area contributed by atoms with Gasteiger partial charge < -0.3 is 10.2 Å². The number of nitrogens with one attached hydrogen (secondary N) is 1. The number of rotatable bonds is 3. The maximum absolute atomic E-state index is 12.3. The molecule has 2 heterocycles. The molecule has 1 aromatic carbocycles. The van der Waals surface area contributed by atoms with Gasteiger partial charge in [-0.3, -0.25) is 4.79 Å². The third-order valence-electron chi connectivity index (χ3n) is 4.11. The number of hydrogen-bond acceptors (Lipinski definition) is 3. The molecule has 0 spiro atoms. The van der Waals surface area contributed by atoms with Gasteiger partial charge in [-0.1, -0.05) is 19.1 Å². The molecule has 120 valence electrons. The first-order chi connectivity index (χ1) is 11.1. The van der Waals surface area contributed by atoms with Crippen LogP contribution in [0.2, 0.25) is 0 Å². The number of amides is 1. The van der Waals surface area contributed by atoms with Crippen LogP contribution >= 0.6 is 15.9 Å². The zero-order chi connectivity index (χ0) is 16.2. The van der Waals surface area contributed by atoms with Crippen molar-refractivity contribution in [2.75, 3.05) is 23.3 Å². The first-order valence-electron chi connectivity index (χ1n) is 7.90. The summed E-state index contributed by atoms with van der Waals surface area (Å²) in [6.07, 6.45) is 4.14. The summed E-state index contributed by atoms with van der Waals surface area (Å²) in [5.74, 6) is 1.50. The van der Waals surface area contributed by atoms with Crippen molar-refractivity contribution in [3.8, 4) is 0 Å². The molecule has 1 amide bonds. The Balaban J connectivity index is 1.69. The van der Waals surface area contributed by atoms with Gasteiger partial charge in [-0.15, -0.1) is 0 Å². The molecule has 0 aliphatic carbocycles. The van der Waals surface area contributed by atoms with Crippen LogP contribution in [-0.2, 0) is 0 Å². The topological polar surface area (TPSA) is 45.2 Å². The maximum atomic E-state index is 12.3. The monoisotopic (exact) mass is 373 g/mol. The van der Waals surface area contributed by atoms with Gasteiger partial charge in [0.1, 0.15) is 5.82 Å². The molecule has 23 heavy (non-hydrogen) atoms. The lowest BCUT2D eigenvalue weighted by Crippen LogP contribution is -2.34. The van der Waals surface area contributed by atoms with E-state index in [1.165, 1.54) is 12.8 Å². The average molecular weight is 374 g/mol. The molecule has 3 rings (SSSR count). The van der Waals surface area contributed by atoms with Crippen molar-refractivity contribution in [2.45, 2.75) is 19.8 Å². The molecular weight excluding hydrogens is 354 g/mol. The van der Waals surface area contributed by atoms with E-state index in [1.54, 1.807) is 6.20 Å². The summed E-state index contributed by atoms with van der Waals surface area (Å²) >= 11 is 3.43. The van der Waals surface area contributed by atoms with E-state index in [1.807, 2.05) is 36.4 Å². The highest BCUT2D eigenvalue weighted by Gasteiger charge is 2.18. The van der Waals surface area contributed by atoms with Crippen molar-refractivity contribution in [3.05, 3.63) is 52.6 Å². The second-order valence-electron chi connectivity index (χ2n) is 6.03. The Morgan fingerprint density at radius 3 is 2.83 bits per heavy atom. The van der Waals surface area contributed by atoms with Crippen LogP contribution in [0.5, 0.6) is 0 Å². The molecule has 4 nitrogen and oxygen atoms in total. The number of piperidine rings is 1. The molecule has 5 heteroatoms. The van der Waals surface area contributed by atoms with Crippen LogP contribution in [0.15, 0.2) is 47.1 Å². The van der Waals surface area contributed by atoms with Crippen LogP contribution in [-0.4, -0.2) is 24.0 Å². The minimum Gasteiger partial charge on any atom is -0.356 e. The number of hydrogen-bond donors (Lipinski definition) is 1. The van der Waals surface area contributed by atoms with E-state index >= 15 is 0 Å². The highest BCUT2D eigenvalue weighted by molar-refractivity contribution is 9.10. The Morgan fingerprint density at radius 2 is 2.13 bits per heavy atom. The summed E-state index contributed by atoms with van der Waals surface area (Å²) in [4.78, 5) is 19.1. The van der Waals surface area contributed by atoms with Gasteiger partial charge in [0.25, 0.3) is 5.91 Å². The van der Waals surface area contributed by atoms with Crippen LogP contribution in [0.1, 0.15) is 30.1 Å². The predicted octanol–water partition coefficient (Wildman–Crippen LogP) is 4.33. The molecule has 1 unspecified atom stereocenters. The van der Waals surface area contributed by atoms with Crippen molar-refractivity contribution in [2.24, 2.45) is 5.92 Å². The first-order valence-corrected chi connectivity index (χ1v) is 8.69. The van der Waals surface area contributed by atoms with E-state index in [4.69, 9.17) is 0 Å². The number of carbonyl (C=O) groups is 1. The molecule has 0 radical (unpaired) electrons.